The lowest BCUT2D eigenvalue weighted by atomic mass is 10.3. The Morgan fingerprint density at radius 3 is 2.67 bits per heavy atom. The Bertz CT molecular complexity index is 419. The van der Waals surface area contributed by atoms with Crippen LogP contribution in [0.1, 0.15) is 12.8 Å². The molecule has 0 saturated carbocycles. The van der Waals surface area contributed by atoms with Crippen LogP contribution in [0.25, 0.3) is 0 Å². The minimum absolute atomic E-state index is 0.0639. The number of benzene rings is 1. The van der Waals surface area contributed by atoms with Gasteiger partial charge in [-0.05, 0) is 12.1 Å². The zero-order valence-corrected chi connectivity index (χ0v) is 9.80. The highest BCUT2D eigenvalue weighted by molar-refractivity contribution is 5.71. The minimum Gasteiger partial charge on any atom is -0.493 e. The van der Waals surface area contributed by atoms with Gasteiger partial charge >= 0.3 is 11.9 Å². The van der Waals surface area contributed by atoms with E-state index in [1.54, 1.807) is 24.3 Å². The standard InChI is InChI=1S/C12H15NO5/c13-9-2-1-3-10(8-9)17-7-5-12(16)18-6-4-11(14)15/h1-3,8H,4-7,13H2,(H,14,15). The van der Waals surface area contributed by atoms with Gasteiger partial charge in [-0.1, -0.05) is 6.07 Å². The first-order valence-corrected chi connectivity index (χ1v) is 5.43. The van der Waals surface area contributed by atoms with Crippen LogP contribution in [0, 0.1) is 0 Å². The lowest BCUT2D eigenvalue weighted by molar-refractivity contribution is -0.146. The van der Waals surface area contributed by atoms with E-state index in [-0.39, 0.29) is 26.1 Å². The number of hydrogen-bond acceptors (Lipinski definition) is 5. The number of carboxylic acids is 1. The number of nitrogen functional groups attached to an aromatic ring is 1. The molecule has 6 nitrogen and oxygen atoms in total. The Morgan fingerprint density at radius 2 is 2.00 bits per heavy atom. The maximum atomic E-state index is 11.2. The van der Waals surface area contributed by atoms with Gasteiger partial charge in [0.15, 0.2) is 0 Å². The lowest BCUT2D eigenvalue weighted by Gasteiger charge is -2.06. The van der Waals surface area contributed by atoms with Crippen molar-refractivity contribution in [3.05, 3.63) is 24.3 Å². The predicted molar refractivity (Wildman–Crippen MR) is 64.2 cm³/mol. The number of aliphatic carboxylic acids is 1. The quantitative estimate of drug-likeness (QED) is 0.556. The van der Waals surface area contributed by atoms with Crippen molar-refractivity contribution in [3.8, 4) is 5.75 Å². The van der Waals surface area contributed by atoms with E-state index in [9.17, 15) is 9.59 Å². The van der Waals surface area contributed by atoms with E-state index in [2.05, 4.69) is 0 Å². The summed E-state index contributed by atoms with van der Waals surface area (Å²) in [6.45, 7) is 0.0435. The summed E-state index contributed by atoms with van der Waals surface area (Å²) in [6, 6.07) is 6.85. The van der Waals surface area contributed by atoms with Crippen LogP contribution in [-0.4, -0.2) is 30.3 Å². The highest BCUT2D eigenvalue weighted by atomic mass is 16.5. The van der Waals surface area contributed by atoms with Crippen molar-refractivity contribution in [3.63, 3.8) is 0 Å². The van der Waals surface area contributed by atoms with Crippen LogP contribution in [-0.2, 0) is 14.3 Å². The molecule has 0 aromatic heterocycles. The number of carbonyl (C=O) groups excluding carboxylic acids is 1. The van der Waals surface area contributed by atoms with E-state index in [1.165, 1.54) is 0 Å². The van der Waals surface area contributed by atoms with Crippen molar-refractivity contribution in [2.24, 2.45) is 0 Å². The summed E-state index contributed by atoms with van der Waals surface area (Å²) >= 11 is 0. The molecule has 6 heteroatoms. The van der Waals surface area contributed by atoms with E-state index < -0.39 is 11.9 Å². The summed E-state index contributed by atoms with van der Waals surface area (Å²) in [4.78, 5) is 21.3. The number of hydrogen-bond donors (Lipinski definition) is 2. The molecule has 1 aromatic carbocycles. The van der Waals surface area contributed by atoms with Gasteiger partial charge in [-0.3, -0.25) is 9.59 Å². The normalized spacial score (nSPS) is 9.78. The van der Waals surface area contributed by atoms with E-state index in [0.29, 0.717) is 11.4 Å². The van der Waals surface area contributed by atoms with Crippen molar-refractivity contribution >= 4 is 17.6 Å². The lowest BCUT2D eigenvalue weighted by Crippen LogP contribution is -2.12. The molecule has 98 valence electrons. The summed E-state index contributed by atoms with van der Waals surface area (Å²) < 4.78 is 9.98. The molecule has 0 unspecified atom stereocenters. The zero-order chi connectivity index (χ0) is 13.4. The first-order chi connectivity index (χ1) is 8.58. The monoisotopic (exact) mass is 253 g/mol. The maximum absolute atomic E-state index is 11.2. The fourth-order valence-corrected chi connectivity index (χ4v) is 1.18. The van der Waals surface area contributed by atoms with Crippen molar-refractivity contribution in [1.29, 1.82) is 0 Å². The van der Waals surface area contributed by atoms with Gasteiger partial charge in [0.1, 0.15) is 12.4 Å². The molecule has 0 amide bonds. The molecule has 0 aliphatic heterocycles. The Labute approximate surface area is 104 Å². The van der Waals surface area contributed by atoms with Gasteiger partial charge in [-0.15, -0.1) is 0 Å². The molecule has 18 heavy (non-hydrogen) atoms. The van der Waals surface area contributed by atoms with Crippen molar-refractivity contribution < 1.29 is 24.2 Å². The van der Waals surface area contributed by atoms with Gasteiger partial charge in [-0.2, -0.15) is 0 Å². The van der Waals surface area contributed by atoms with Crippen LogP contribution < -0.4 is 10.5 Å². The molecule has 3 N–H and O–H groups in total. The molecule has 1 aromatic rings. The summed E-state index contributed by atoms with van der Waals surface area (Å²) in [5.74, 6) is -0.910. The van der Waals surface area contributed by atoms with Crippen LogP contribution in [0.3, 0.4) is 0 Å². The summed E-state index contributed by atoms with van der Waals surface area (Å²) in [7, 11) is 0. The maximum Gasteiger partial charge on any atom is 0.309 e. The first-order valence-electron chi connectivity index (χ1n) is 5.43. The molecule has 0 atom stereocenters. The summed E-state index contributed by atoms with van der Waals surface area (Å²) in [5, 5.41) is 8.35. The minimum atomic E-state index is -1.00. The zero-order valence-electron chi connectivity index (χ0n) is 9.80. The molecular weight excluding hydrogens is 238 g/mol. The van der Waals surface area contributed by atoms with E-state index >= 15 is 0 Å². The molecular formula is C12H15NO5. The third-order valence-corrected chi connectivity index (χ3v) is 2.01. The number of esters is 1. The Kier molecular flexibility index (Phi) is 5.50. The Balaban J connectivity index is 2.17. The average Bonchev–Trinajstić information content (AvgIpc) is 2.28. The SMILES string of the molecule is Nc1cccc(OCCC(=O)OCCC(=O)O)c1. The Morgan fingerprint density at radius 1 is 1.22 bits per heavy atom. The van der Waals surface area contributed by atoms with Gasteiger partial charge in [0.05, 0.1) is 19.4 Å². The molecule has 0 saturated heterocycles. The summed E-state index contributed by atoms with van der Waals surface area (Å²) in [6.07, 6.45) is -0.129. The van der Waals surface area contributed by atoms with Crippen LogP contribution in [0.5, 0.6) is 5.75 Å². The van der Waals surface area contributed by atoms with Crippen molar-refractivity contribution in [2.45, 2.75) is 12.8 Å². The van der Waals surface area contributed by atoms with Crippen LogP contribution >= 0.6 is 0 Å². The fraction of sp³-hybridized carbons (Fsp3) is 0.333. The van der Waals surface area contributed by atoms with Crippen LogP contribution in [0.2, 0.25) is 0 Å². The number of carboxylic acid groups (broad SMARTS) is 1. The van der Waals surface area contributed by atoms with Crippen LogP contribution in [0.4, 0.5) is 5.69 Å². The number of nitrogens with two attached hydrogens (primary N) is 1. The van der Waals surface area contributed by atoms with Crippen LogP contribution in [0.15, 0.2) is 24.3 Å². The first kappa shape index (κ1) is 13.8. The number of carbonyl (C=O) groups is 2. The Hall–Kier alpha value is -2.24. The van der Waals surface area contributed by atoms with Crippen molar-refractivity contribution in [1.82, 2.24) is 0 Å². The largest absolute Gasteiger partial charge is 0.493 e. The highest BCUT2D eigenvalue weighted by Crippen LogP contribution is 2.14. The third-order valence-electron chi connectivity index (χ3n) is 2.01. The molecule has 0 radical (unpaired) electrons. The second-order valence-corrected chi connectivity index (χ2v) is 3.54. The average molecular weight is 253 g/mol. The molecule has 0 spiro atoms. The molecule has 0 heterocycles. The van der Waals surface area contributed by atoms with Gasteiger partial charge in [-0.25, -0.2) is 0 Å². The molecule has 1 rings (SSSR count). The van der Waals surface area contributed by atoms with Crippen molar-refractivity contribution in [2.75, 3.05) is 18.9 Å². The number of ether oxygens (including phenoxy) is 2. The van der Waals surface area contributed by atoms with Gasteiger partial charge in [0.25, 0.3) is 0 Å². The molecule has 0 aliphatic carbocycles. The number of rotatable bonds is 7. The van der Waals surface area contributed by atoms with E-state index in [0.717, 1.165) is 0 Å². The van der Waals surface area contributed by atoms with Gasteiger partial charge in [0, 0.05) is 11.8 Å². The third kappa shape index (κ3) is 5.74. The van der Waals surface area contributed by atoms with Gasteiger partial charge in [0.2, 0.25) is 0 Å². The number of anilines is 1. The van der Waals surface area contributed by atoms with Gasteiger partial charge < -0.3 is 20.3 Å². The summed E-state index contributed by atoms with van der Waals surface area (Å²) in [5.41, 5.74) is 6.14. The second kappa shape index (κ2) is 7.16. The topological polar surface area (TPSA) is 98.9 Å². The molecule has 0 aliphatic rings. The predicted octanol–water partition coefficient (Wildman–Crippen LogP) is 1.06. The smallest absolute Gasteiger partial charge is 0.309 e. The fourth-order valence-electron chi connectivity index (χ4n) is 1.18. The molecule has 0 bridgehead atoms. The van der Waals surface area contributed by atoms with E-state index in [1.807, 2.05) is 0 Å². The molecule has 0 fully saturated rings. The highest BCUT2D eigenvalue weighted by Gasteiger charge is 2.05. The van der Waals surface area contributed by atoms with E-state index in [4.69, 9.17) is 20.3 Å². The second-order valence-electron chi connectivity index (χ2n) is 3.54.